The quantitative estimate of drug-likeness (QED) is 0.0746. The fourth-order valence-corrected chi connectivity index (χ4v) is 6.57. The van der Waals surface area contributed by atoms with Crippen LogP contribution in [-0.2, 0) is 27.2 Å². The first kappa shape index (κ1) is 30.1. The number of carboxylic acids is 1. The summed E-state index contributed by atoms with van der Waals surface area (Å²) in [5.74, 6) is -1.66. The Balaban J connectivity index is 1.18. The van der Waals surface area contributed by atoms with Crippen LogP contribution in [0.4, 0.5) is 5.95 Å². The second kappa shape index (κ2) is 14.7. The number of nitrogen functional groups attached to an aromatic ring is 1. The summed E-state index contributed by atoms with van der Waals surface area (Å²) in [6, 6.07) is 7.84. The number of carbonyl (C=O) groups is 3. The number of ether oxygens (including phenoxy) is 1. The lowest BCUT2D eigenvalue weighted by Gasteiger charge is -2.13. The summed E-state index contributed by atoms with van der Waals surface area (Å²) in [6.45, 7) is 0.188. The summed E-state index contributed by atoms with van der Waals surface area (Å²) >= 11 is 1.27. The van der Waals surface area contributed by atoms with Gasteiger partial charge in [-0.15, -0.1) is 11.3 Å². The predicted molar refractivity (Wildman–Crippen MR) is 159 cm³/mol. The van der Waals surface area contributed by atoms with E-state index in [0.29, 0.717) is 34.5 Å². The molecule has 4 aromatic heterocycles. The molecule has 0 aromatic carbocycles. The molecule has 4 heterocycles. The number of pyridine rings is 1. The standard InChI is InChI=1S/C26H28N6O6S3/c27-26-31-22-21(24(35)32-26)15(14-29-22)4-3-5-16-7-9-18(40-16)23(34)30-17(25(36)37)8-10-20(33)38-12-13-39-41-19-6-1-2-11-28-19/h1-2,6-7,9,11,14,17H,3-5,8,10,12-13H2,(H,30,34)(H,36,37)(H4,27,29,31,32,35)/t17-/m0/s1. The van der Waals surface area contributed by atoms with E-state index in [1.165, 1.54) is 32.9 Å². The van der Waals surface area contributed by atoms with Gasteiger partial charge < -0.3 is 25.9 Å². The number of rotatable bonds is 15. The van der Waals surface area contributed by atoms with Crippen molar-refractivity contribution in [2.24, 2.45) is 0 Å². The molecule has 0 saturated carbocycles. The van der Waals surface area contributed by atoms with Crippen molar-refractivity contribution in [3.05, 3.63) is 68.4 Å². The minimum absolute atomic E-state index is 0.0482. The van der Waals surface area contributed by atoms with Crippen LogP contribution in [-0.4, -0.2) is 61.3 Å². The number of nitrogens with two attached hydrogens (primary N) is 1. The summed E-state index contributed by atoms with van der Waals surface area (Å²) in [5, 5.41) is 13.4. The summed E-state index contributed by atoms with van der Waals surface area (Å²) in [7, 11) is 2.97. The molecular weight excluding hydrogens is 589 g/mol. The molecule has 0 aliphatic heterocycles. The molecule has 6 N–H and O–H groups in total. The van der Waals surface area contributed by atoms with Gasteiger partial charge in [-0.2, -0.15) is 4.98 Å². The number of aryl methyl sites for hydroxylation is 2. The van der Waals surface area contributed by atoms with Crippen LogP contribution in [0.15, 0.2) is 52.5 Å². The number of H-pyrrole nitrogens is 2. The van der Waals surface area contributed by atoms with Crippen molar-refractivity contribution >= 4 is 67.8 Å². The zero-order valence-electron chi connectivity index (χ0n) is 21.8. The Morgan fingerprint density at radius 1 is 1.20 bits per heavy atom. The number of nitrogens with one attached hydrogen (secondary N) is 3. The number of carboxylic acid groups (broad SMARTS) is 1. The summed E-state index contributed by atoms with van der Waals surface area (Å²) in [6.07, 6.45) is 5.22. The Hall–Kier alpha value is -3.82. The van der Waals surface area contributed by atoms with Crippen molar-refractivity contribution in [3.8, 4) is 0 Å². The minimum atomic E-state index is -1.23. The third kappa shape index (κ3) is 8.83. The van der Waals surface area contributed by atoms with Gasteiger partial charge in [0, 0.05) is 29.4 Å². The van der Waals surface area contributed by atoms with E-state index >= 15 is 0 Å². The average molecular weight is 617 g/mol. The van der Waals surface area contributed by atoms with Crippen LogP contribution < -0.4 is 16.6 Å². The maximum Gasteiger partial charge on any atom is 0.326 e. The molecule has 4 aromatic rings. The molecule has 41 heavy (non-hydrogen) atoms. The normalized spacial score (nSPS) is 11.8. The van der Waals surface area contributed by atoms with E-state index in [4.69, 9.17) is 10.5 Å². The number of aromatic amines is 2. The minimum Gasteiger partial charge on any atom is -0.480 e. The Morgan fingerprint density at radius 3 is 2.83 bits per heavy atom. The fourth-order valence-electron chi connectivity index (χ4n) is 3.91. The van der Waals surface area contributed by atoms with Gasteiger partial charge in [-0.3, -0.25) is 19.4 Å². The van der Waals surface area contributed by atoms with Crippen LogP contribution >= 0.6 is 32.9 Å². The largest absolute Gasteiger partial charge is 0.480 e. The molecule has 0 aliphatic carbocycles. The first-order chi connectivity index (χ1) is 19.8. The highest BCUT2D eigenvalue weighted by Crippen LogP contribution is 2.28. The Kier molecular flexibility index (Phi) is 10.8. The van der Waals surface area contributed by atoms with Gasteiger partial charge in [0.25, 0.3) is 11.5 Å². The Morgan fingerprint density at radius 2 is 2.05 bits per heavy atom. The number of carbonyl (C=O) groups excluding carboxylic acids is 2. The summed E-state index contributed by atoms with van der Waals surface area (Å²) in [5.41, 5.74) is 6.55. The van der Waals surface area contributed by atoms with Gasteiger partial charge in [-0.1, -0.05) is 16.9 Å². The Bertz CT molecular complexity index is 1550. The lowest BCUT2D eigenvalue weighted by Crippen LogP contribution is -2.40. The van der Waals surface area contributed by atoms with Crippen molar-refractivity contribution in [1.29, 1.82) is 0 Å². The molecule has 15 heteroatoms. The van der Waals surface area contributed by atoms with Crippen molar-refractivity contribution in [2.75, 3.05) is 18.1 Å². The van der Waals surface area contributed by atoms with Gasteiger partial charge in [0.1, 0.15) is 23.3 Å². The number of thiophene rings is 1. The molecule has 0 saturated heterocycles. The van der Waals surface area contributed by atoms with Crippen LogP contribution in [0.3, 0.4) is 0 Å². The summed E-state index contributed by atoms with van der Waals surface area (Å²) < 4.78 is 5.18. The molecule has 0 spiro atoms. The van der Waals surface area contributed by atoms with E-state index in [1.807, 2.05) is 24.3 Å². The molecule has 216 valence electrons. The highest BCUT2D eigenvalue weighted by atomic mass is 33.1. The summed E-state index contributed by atoms with van der Waals surface area (Å²) in [4.78, 5) is 63.7. The SMILES string of the molecule is Nc1nc2[nH]cc(CCCc3ccc(C(=O)N[C@@H](CCC(=O)OCCSSc4ccccn4)C(=O)O)s3)c2c(=O)[nH]1. The smallest absolute Gasteiger partial charge is 0.326 e. The third-order valence-corrected chi connectivity index (χ3v) is 9.22. The van der Waals surface area contributed by atoms with Crippen molar-refractivity contribution in [3.63, 3.8) is 0 Å². The number of nitrogens with zero attached hydrogens (tertiary/aromatic N) is 2. The van der Waals surface area contributed by atoms with Gasteiger partial charge in [0.05, 0.1) is 10.3 Å². The van der Waals surface area contributed by atoms with Crippen LogP contribution in [0, 0.1) is 0 Å². The number of fused-ring (bicyclic) bond motifs is 1. The first-order valence-corrected chi connectivity index (χ1v) is 15.8. The van der Waals surface area contributed by atoms with E-state index < -0.39 is 23.9 Å². The zero-order chi connectivity index (χ0) is 29.2. The maximum absolute atomic E-state index is 12.7. The molecule has 0 radical (unpaired) electrons. The number of aliphatic carboxylic acids is 1. The van der Waals surface area contributed by atoms with Gasteiger partial charge >= 0.3 is 11.9 Å². The number of anilines is 1. The van der Waals surface area contributed by atoms with Crippen LogP contribution in [0.5, 0.6) is 0 Å². The molecule has 0 bridgehead atoms. The van der Waals surface area contributed by atoms with Crippen LogP contribution in [0.2, 0.25) is 0 Å². The van der Waals surface area contributed by atoms with Gasteiger partial charge in [0.2, 0.25) is 5.95 Å². The second-order valence-corrected chi connectivity index (χ2v) is 12.4. The zero-order valence-corrected chi connectivity index (χ0v) is 24.2. The molecule has 1 atom stereocenters. The number of hydrogen-bond donors (Lipinski definition) is 5. The lowest BCUT2D eigenvalue weighted by atomic mass is 10.1. The van der Waals surface area contributed by atoms with E-state index in [9.17, 15) is 24.3 Å². The molecule has 12 nitrogen and oxygen atoms in total. The third-order valence-electron chi connectivity index (χ3n) is 5.85. The molecule has 0 unspecified atom stereocenters. The van der Waals surface area contributed by atoms with Crippen molar-refractivity contribution in [1.82, 2.24) is 25.3 Å². The van der Waals surface area contributed by atoms with Gasteiger partial charge in [-0.25, -0.2) is 9.78 Å². The lowest BCUT2D eigenvalue weighted by molar-refractivity contribution is -0.144. The predicted octanol–water partition coefficient (Wildman–Crippen LogP) is 3.41. The highest BCUT2D eigenvalue weighted by molar-refractivity contribution is 8.76. The van der Waals surface area contributed by atoms with Crippen molar-refractivity contribution < 1.29 is 24.2 Å². The first-order valence-electron chi connectivity index (χ1n) is 12.6. The van der Waals surface area contributed by atoms with Crippen LogP contribution in [0.1, 0.15) is 39.4 Å². The highest BCUT2D eigenvalue weighted by Gasteiger charge is 2.23. The van der Waals surface area contributed by atoms with E-state index in [0.717, 1.165) is 21.9 Å². The van der Waals surface area contributed by atoms with Crippen LogP contribution in [0.25, 0.3) is 11.0 Å². The second-order valence-electron chi connectivity index (χ2n) is 8.80. The average Bonchev–Trinajstić information content (AvgIpc) is 3.59. The van der Waals surface area contributed by atoms with E-state index in [-0.39, 0.29) is 31.0 Å². The number of amides is 1. The topological polar surface area (TPSA) is 193 Å². The van der Waals surface area contributed by atoms with Crippen molar-refractivity contribution in [2.45, 2.75) is 43.2 Å². The maximum atomic E-state index is 12.7. The molecular formula is C26H28N6O6S3. The monoisotopic (exact) mass is 616 g/mol. The molecule has 1 amide bonds. The molecule has 0 fully saturated rings. The van der Waals surface area contributed by atoms with Gasteiger partial charge in [-0.05, 0) is 66.3 Å². The van der Waals surface area contributed by atoms with E-state index in [1.54, 1.807) is 18.5 Å². The molecule has 0 aliphatic rings. The number of esters is 1. The number of aromatic nitrogens is 4. The molecule has 4 rings (SSSR count). The van der Waals surface area contributed by atoms with E-state index in [2.05, 4.69) is 25.3 Å². The fraction of sp³-hybridized carbons (Fsp3) is 0.308. The van der Waals surface area contributed by atoms with Gasteiger partial charge in [0.15, 0.2) is 0 Å². The number of hydrogen-bond acceptors (Lipinski definition) is 11. The Labute approximate surface area is 246 Å².